The molecule has 0 saturated carbocycles. The van der Waals surface area contributed by atoms with Crippen LogP contribution in [0.1, 0.15) is 38.3 Å². The Hall–Kier alpha value is -0.830. The number of halogens is 1. The zero-order valence-corrected chi connectivity index (χ0v) is 18.6. The highest BCUT2D eigenvalue weighted by Crippen LogP contribution is 2.22. The van der Waals surface area contributed by atoms with Crippen LogP contribution < -0.4 is 10.6 Å². The van der Waals surface area contributed by atoms with Crippen molar-refractivity contribution in [3.63, 3.8) is 0 Å². The standard InChI is InChI=1S/C18H29N3O2S.HI/c1-18(2,3)15-7-5-14(6-8-15)9-11-20-17(19-4)21-16-10-12-24(22,23)13-16;/h5-8,16H,9-13H2,1-4H3,(H2,19,20,21);1H. The third-order valence-electron chi connectivity index (χ3n) is 4.32. The molecule has 1 aromatic carbocycles. The Labute approximate surface area is 169 Å². The van der Waals surface area contributed by atoms with Gasteiger partial charge in [0, 0.05) is 19.6 Å². The summed E-state index contributed by atoms with van der Waals surface area (Å²) in [6, 6.07) is 8.67. The number of guanidine groups is 1. The van der Waals surface area contributed by atoms with Gasteiger partial charge in [0.05, 0.1) is 11.5 Å². The average Bonchev–Trinajstić information content (AvgIpc) is 2.84. The zero-order valence-electron chi connectivity index (χ0n) is 15.5. The molecule has 5 nitrogen and oxygen atoms in total. The van der Waals surface area contributed by atoms with Crippen LogP contribution in [0.4, 0.5) is 0 Å². The molecular formula is C18H30IN3O2S. The third kappa shape index (κ3) is 7.13. The van der Waals surface area contributed by atoms with Gasteiger partial charge in [-0.2, -0.15) is 0 Å². The van der Waals surface area contributed by atoms with E-state index < -0.39 is 9.84 Å². The number of nitrogens with zero attached hydrogens (tertiary/aromatic N) is 1. The molecule has 1 fully saturated rings. The second kappa shape index (κ2) is 9.21. The van der Waals surface area contributed by atoms with Gasteiger partial charge in [0.25, 0.3) is 0 Å². The lowest BCUT2D eigenvalue weighted by Crippen LogP contribution is -2.44. The van der Waals surface area contributed by atoms with Crippen LogP contribution in [0, 0.1) is 0 Å². The molecule has 0 aromatic heterocycles. The monoisotopic (exact) mass is 479 g/mol. The van der Waals surface area contributed by atoms with Crippen LogP contribution in [0.2, 0.25) is 0 Å². The Morgan fingerprint density at radius 3 is 2.36 bits per heavy atom. The highest BCUT2D eigenvalue weighted by Gasteiger charge is 2.28. The molecule has 1 atom stereocenters. The molecule has 0 radical (unpaired) electrons. The summed E-state index contributed by atoms with van der Waals surface area (Å²) in [4.78, 5) is 4.18. The first-order valence-electron chi connectivity index (χ1n) is 8.47. The van der Waals surface area contributed by atoms with Gasteiger partial charge in [0.15, 0.2) is 15.8 Å². The minimum Gasteiger partial charge on any atom is -0.356 e. The highest BCUT2D eigenvalue weighted by atomic mass is 127. The van der Waals surface area contributed by atoms with Crippen molar-refractivity contribution in [2.75, 3.05) is 25.1 Å². The molecule has 25 heavy (non-hydrogen) atoms. The molecule has 1 aliphatic rings. The molecule has 0 aliphatic carbocycles. The first-order chi connectivity index (χ1) is 11.2. The van der Waals surface area contributed by atoms with E-state index in [4.69, 9.17) is 0 Å². The fraction of sp³-hybridized carbons (Fsp3) is 0.611. The first-order valence-corrected chi connectivity index (χ1v) is 10.3. The quantitative estimate of drug-likeness (QED) is 0.396. The number of hydrogen-bond acceptors (Lipinski definition) is 3. The molecule has 1 heterocycles. The summed E-state index contributed by atoms with van der Waals surface area (Å²) >= 11 is 0. The van der Waals surface area contributed by atoms with Crippen LogP contribution in [-0.2, 0) is 21.7 Å². The van der Waals surface area contributed by atoms with E-state index >= 15 is 0 Å². The van der Waals surface area contributed by atoms with Gasteiger partial charge in [-0.05, 0) is 29.4 Å². The molecule has 0 amide bonds. The van der Waals surface area contributed by atoms with Crippen LogP contribution in [0.25, 0.3) is 0 Å². The van der Waals surface area contributed by atoms with Crippen molar-refractivity contribution >= 4 is 39.8 Å². The van der Waals surface area contributed by atoms with Crippen molar-refractivity contribution in [1.82, 2.24) is 10.6 Å². The minimum absolute atomic E-state index is 0. The van der Waals surface area contributed by atoms with E-state index in [0.29, 0.717) is 12.4 Å². The van der Waals surface area contributed by atoms with E-state index in [1.54, 1.807) is 7.05 Å². The molecule has 0 bridgehead atoms. The highest BCUT2D eigenvalue weighted by molar-refractivity contribution is 14.0. The fourth-order valence-corrected chi connectivity index (χ4v) is 4.47. The average molecular weight is 479 g/mol. The van der Waals surface area contributed by atoms with Crippen LogP contribution in [-0.4, -0.2) is 45.5 Å². The lowest BCUT2D eigenvalue weighted by atomic mass is 9.86. The van der Waals surface area contributed by atoms with Gasteiger partial charge in [-0.15, -0.1) is 24.0 Å². The SMILES string of the molecule is CN=C(NCCc1ccc(C(C)(C)C)cc1)NC1CCS(=O)(=O)C1.I. The molecule has 142 valence electrons. The second-order valence-electron chi connectivity index (χ2n) is 7.44. The molecular weight excluding hydrogens is 449 g/mol. The normalized spacial score (nSPS) is 20.0. The summed E-state index contributed by atoms with van der Waals surface area (Å²) < 4.78 is 23.0. The molecule has 1 aromatic rings. The number of nitrogens with one attached hydrogen (secondary N) is 2. The van der Waals surface area contributed by atoms with E-state index in [2.05, 4.69) is 60.7 Å². The van der Waals surface area contributed by atoms with Crippen LogP contribution in [0.3, 0.4) is 0 Å². The van der Waals surface area contributed by atoms with Crippen molar-refractivity contribution in [2.45, 2.75) is 45.1 Å². The number of sulfone groups is 1. The Morgan fingerprint density at radius 1 is 1.24 bits per heavy atom. The number of aliphatic imine (C=N–C) groups is 1. The third-order valence-corrected chi connectivity index (χ3v) is 6.09. The summed E-state index contributed by atoms with van der Waals surface area (Å²) in [5.41, 5.74) is 2.78. The summed E-state index contributed by atoms with van der Waals surface area (Å²) in [6.45, 7) is 7.39. The van der Waals surface area contributed by atoms with Gasteiger partial charge in [-0.25, -0.2) is 8.42 Å². The zero-order chi connectivity index (χ0) is 17.8. The van der Waals surface area contributed by atoms with Gasteiger partial charge < -0.3 is 10.6 Å². The topological polar surface area (TPSA) is 70.6 Å². The van der Waals surface area contributed by atoms with Gasteiger partial charge in [-0.1, -0.05) is 45.0 Å². The Morgan fingerprint density at radius 2 is 1.88 bits per heavy atom. The van der Waals surface area contributed by atoms with Crippen LogP contribution >= 0.6 is 24.0 Å². The lowest BCUT2D eigenvalue weighted by molar-refractivity contribution is 0.590. The molecule has 1 unspecified atom stereocenters. The number of rotatable bonds is 4. The van der Waals surface area contributed by atoms with Gasteiger partial charge in [0.2, 0.25) is 0 Å². The maximum absolute atomic E-state index is 11.5. The summed E-state index contributed by atoms with van der Waals surface area (Å²) in [7, 11) is -1.17. The van der Waals surface area contributed by atoms with Gasteiger partial charge in [-0.3, -0.25) is 4.99 Å². The molecule has 1 saturated heterocycles. The number of hydrogen-bond donors (Lipinski definition) is 2. The maximum atomic E-state index is 11.5. The molecule has 2 rings (SSSR count). The number of benzene rings is 1. The summed E-state index contributed by atoms with van der Waals surface area (Å²) in [6.07, 6.45) is 1.55. The van der Waals surface area contributed by atoms with E-state index in [1.165, 1.54) is 11.1 Å². The van der Waals surface area contributed by atoms with E-state index in [-0.39, 0.29) is 46.9 Å². The summed E-state index contributed by atoms with van der Waals surface area (Å²) in [5.74, 6) is 1.13. The fourth-order valence-electron chi connectivity index (χ4n) is 2.79. The smallest absolute Gasteiger partial charge is 0.191 e. The van der Waals surface area contributed by atoms with Gasteiger partial charge in [0.1, 0.15) is 0 Å². The minimum atomic E-state index is -2.87. The van der Waals surface area contributed by atoms with Crippen molar-refractivity contribution in [1.29, 1.82) is 0 Å². The Kier molecular flexibility index (Phi) is 8.18. The van der Waals surface area contributed by atoms with Crippen molar-refractivity contribution in [2.24, 2.45) is 4.99 Å². The predicted octanol–water partition coefficient (Wildman–Crippen LogP) is 2.50. The summed E-state index contributed by atoms with van der Waals surface area (Å²) in [5, 5.41) is 6.46. The Bertz CT molecular complexity index is 679. The van der Waals surface area contributed by atoms with Gasteiger partial charge >= 0.3 is 0 Å². The molecule has 1 aliphatic heterocycles. The van der Waals surface area contributed by atoms with E-state index in [0.717, 1.165) is 13.0 Å². The largest absolute Gasteiger partial charge is 0.356 e. The van der Waals surface area contributed by atoms with E-state index in [1.807, 2.05) is 0 Å². The lowest BCUT2D eigenvalue weighted by Gasteiger charge is -2.19. The second-order valence-corrected chi connectivity index (χ2v) is 9.67. The molecule has 2 N–H and O–H groups in total. The Balaban J connectivity index is 0.00000312. The van der Waals surface area contributed by atoms with Crippen molar-refractivity contribution < 1.29 is 8.42 Å². The van der Waals surface area contributed by atoms with Crippen molar-refractivity contribution in [3.8, 4) is 0 Å². The predicted molar refractivity (Wildman–Crippen MR) is 116 cm³/mol. The molecule has 7 heteroatoms. The molecule has 0 spiro atoms. The van der Waals surface area contributed by atoms with Crippen LogP contribution in [0.15, 0.2) is 29.3 Å². The maximum Gasteiger partial charge on any atom is 0.191 e. The first kappa shape index (κ1) is 22.2. The van der Waals surface area contributed by atoms with Crippen LogP contribution in [0.5, 0.6) is 0 Å². The van der Waals surface area contributed by atoms with Crippen molar-refractivity contribution in [3.05, 3.63) is 35.4 Å². The van der Waals surface area contributed by atoms with E-state index in [9.17, 15) is 8.42 Å².